The molecule has 138 valence electrons. The number of thiazole rings is 1. The van der Waals surface area contributed by atoms with Gasteiger partial charge in [-0.1, -0.05) is 31.5 Å². The molecule has 1 heterocycles. The summed E-state index contributed by atoms with van der Waals surface area (Å²) in [5, 5.41) is 0. The Bertz CT molecular complexity index is 716. The first-order valence-electron chi connectivity index (χ1n) is 7.71. The third kappa shape index (κ3) is 5.33. The van der Waals surface area contributed by atoms with E-state index in [0.717, 1.165) is 17.4 Å². The van der Waals surface area contributed by atoms with Gasteiger partial charge in [0, 0.05) is 17.6 Å². The minimum absolute atomic E-state index is 0.0275. The number of benzene rings is 1. The summed E-state index contributed by atoms with van der Waals surface area (Å²) >= 11 is 7.37. The minimum Gasteiger partial charge on any atom is -0.491 e. The summed E-state index contributed by atoms with van der Waals surface area (Å²) in [5.41, 5.74) is 0.340. The van der Waals surface area contributed by atoms with E-state index >= 15 is 0 Å². The fourth-order valence-electron chi connectivity index (χ4n) is 2.32. The van der Waals surface area contributed by atoms with Gasteiger partial charge < -0.3 is 9.47 Å². The summed E-state index contributed by atoms with van der Waals surface area (Å²) in [6, 6.07) is 3.79. The van der Waals surface area contributed by atoms with Gasteiger partial charge in [-0.15, -0.1) is 11.3 Å². The number of nitrogens with zero attached hydrogens (tertiary/aromatic N) is 1. The number of hydrogen-bond donors (Lipinski definition) is 0. The fourth-order valence-corrected chi connectivity index (χ4v) is 3.70. The second-order valence-corrected chi connectivity index (χ2v) is 7.55. The molecule has 0 N–H and O–H groups in total. The molecule has 0 aliphatic heterocycles. The molecule has 0 atom stereocenters. The van der Waals surface area contributed by atoms with Gasteiger partial charge >= 0.3 is 6.18 Å². The normalized spacial score (nSPS) is 12.0. The second-order valence-electron chi connectivity index (χ2n) is 5.89. The van der Waals surface area contributed by atoms with E-state index in [0.29, 0.717) is 21.6 Å². The predicted molar refractivity (Wildman–Crippen MR) is 93.5 cm³/mol. The van der Waals surface area contributed by atoms with Crippen molar-refractivity contribution >= 4 is 22.9 Å². The van der Waals surface area contributed by atoms with E-state index in [2.05, 4.69) is 18.8 Å². The van der Waals surface area contributed by atoms with Crippen molar-refractivity contribution in [1.82, 2.24) is 4.98 Å². The van der Waals surface area contributed by atoms with Crippen molar-refractivity contribution in [3.05, 3.63) is 33.1 Å². The van der Waals surface area contributed by atoms with Crippen molar-refractivity contribution in [2.75, 3.05) is 20.3 Å². The Morgan fingerprint density at radius 1 is 1.24 bits per heavy atom. The van der Waals surface area contributed by atoms with Crippen molar-refractivity contribution < 1.29 is 22.6 Å². The number of rotatable bonds is 7. The summed E-state index contributed by atoms with van der Waals surface area (Å²) in [4.78, 5) is 5.23. The first kappa shape index (κ1) is 20.0. The van der Waals surface area contributed by atoms with Crippen LogP contribution in [0, 0.1) is 5.92 Å². The van der Waals surface area contributed by atoms with Crippen LogP contribution in [-0.4, -0.2) is 25.3 Å². The highest BCUT2D eigenvalue weighted by Gasteiger charge is 2.34. The summed E-state index contributed by atoms with van der Waals surface area (Å²) in [7, 11) is 1.46. The van der Waals surface area contributed by atoms with Crippen LogP contribution < -0.4 is 4.74 Å². The van der Waals surface area contributed by atoms with E-state index in [1.54, 1.807) is 0 Å². The third-order valence-electron chi connectivity index (χ3n) is 3.37. The summed E-state index contributed by atoms with van der Waals surface area (Å²) in [5.74, 6) is 0.142. The molecule has 25 heavy (non-hydrogen) atoms. The van der Waals surface area contributed by atoms with Gasteiger partial charge in [0.15, 0.2) is 4.47 Å². The molecule has 3 nitrogen and oxygen atoms in total. The smallest absolute Gasteiger partial charge is 0.419 e. The van der Waals surface area contributed by atoms with Crippen LogP contribution in [0.4, 0.5) is 13.2 Å². The van der Waals surface area contributed by atoms with Gasteiger partial charge in [-0.05, 0) is 24.5 Å². The molecular weight excluding hydrogens is 375 g/mol. The molecule has 0 radical (unpaired) electrons. The number of alkyl halides is 3. The molecule has 0 saturated heterocycles. The van der Waals surface area contributed by atoms with Gasteiger partial charge in [0.2, 0.25) is 0 Å². The van der Waals surface area contributed by atoms with E-state index in [9.17, 15) is 13.2 Å². The first-order chi connectivity index (χ1) is 11.7. The monoisotopic (exact) mass is 393 g/mol. The predicted octanol–water partition coefficient (Wildman–Crippen LogP) is 5.71. The van der Waals surface area contributed by atoms with Crippen molar-refractivity contribution in [2.45, 2.75) is 26.4 Å². The Hall–Kier alpha value is -1.31. The molecule has 0 spiro atoms. The van der Waals surface area contributed by atoms with Crippen LogP contribution in [0.15, 0.2) is 18.2 Å². The zero-order valence-electron chi connectivity index (χ0n) is 14.1. The Balaban J connectivity index is 2.44. The average molecular weight is 394 g/mol. The van der Waals surface area contributed by atoms with Crippen LogP contribution in [0.5, 0.6) is 5.75 Å². The number of halogens is 4. The van der Waals surface area contributed by atoms with Gasteiger partial charge in [-0.25, -0.2) is 4.98 Å². The Morgan fingerprint density at radius 2 is 1.96 bits per heavy atom. The second kappa shape index (κ2) is 8.38. The standard InChI is InChI=1S/C17H19ClF3NO2S/c1-10(2)8-14-15(22-16(18)25-14)11-4-5-12(17(19,20)21)13(9-11)24-7-6-23-3/h4-5,9-10H,6-8H2,1-3H3. The molecule has 0 aliphatic rings. The molecule has 1 aromatic carbocycles. The molecule has 0 aliphatic carbocycles. The maximum Gasteiger partial charge on any atom is 0.419 e. The minimum atomic E-state index is -4.50. The molecule has 0 saturated carbocycles. The van der Waals surface area contributed by atoms with Gasteiger partial charge in [0.1, 0.15) is 12.4 Å². The molecule has 1 aromatic heterocycles. The van der Waals surface area contributed by atoms with Crippen molar-refractivity contribution in [1.29, 1.82) is 0 Å². The first-order valence-corrected chi connectivity index (χ1v) is 8.90. The molecule has 0 unspecified atom stereocenters. The Morgan fingerprint density at radius 3 is 2.56 bits per heavy atom. The van der Waals surface area contributed by atoms with Crippen molar-refractivity contribution in [3.8, 4) is 17.0 Å². The van der Waals surface area contributed by atoms with Crippen LogP contribution in [-0.2, 0) is 17.3 Å². The number of methoxy groups -OCH3 is 1. The summed E-state index contributed by atoms with van der Waals surface area (Å²) in [6.45, 7) is 4.34. The van der Waals surface area contributed by atoms with Crippen LogP contribution in [0.1, 0.15) is 24.3 Å². The highest BCUT2D eigenvalue weighted by Crippen LogP contribution is 2.40. The maximum atomic E-state index is 13.2. The molecule has 2 aromatic rings. The lowest BCUT2D eigenvalue weighted by atomic mass is 10.0. The van der Waals surface area contributed by atoms with Gasteiger partial charge in [0.05, 0.1) is 17.9 Å². The lowest BCUT2D eigenvalue weighted by Crippen LogP contribution is -2.11. The number of hydrogen-bond acceptors (Lipinski definition) is 4. The van der Waals surface area contributed by atoms with Gasteiger partial charge in [0.25, 0.3) is 0 Å². The Labute approximate surface area is 153 Å². The number of aromatic nitrogens is 1. The highest BCUT2D eigenvalue weighted by atomic mass is 35.5. The molecule has 0 fully saturated rings. The molecule has 0 amide bonds. The summed E-state index contributed by atoms with van der Waals surface area (Å²) < 4.78 is 50.1. The molecule has 8 heteroatoms. The SMILES string of the molecule is COCCOc1cc(-c2nc(Cl)sc2CC(C)C)ccc1C(F)(F)F. The van der Waals surface area contributed by atoms with E-state index < -0.39 is 11.7 Å². The fraction of sp³-hybridized carbons (Fsp3) is 0.471. The molecule has 2 rings (SSSR count). The average Bonchev–Trinajstić information content (AvgIpc) is 2.86. The largest absolute Gasteiger partial charge is 0.491 e. The van der Waals surface area contributed by atoms with E-state index in [-0.39, 0.29) is 19.0 Å². The zero-order valence-corrected chi connectivity index (χ0v) is 15.7. The van der Waals surface area contributed by atoms with E-state index in [1.807, 2.05) is 0 Å². The van der Waals surface area contributed by atoms with Crippen LogP contribution >= 0.6 is 22.9 Å². The van der Waals surface area contributed by atoms with Gasteiger partial charge in [-0.2, -0.15) is 13.2 Å². The van der Waals surface area contributed by atoms with Crippen LogP contribution in [0.25, 0.3) is 11.3 Å². The Kier molecular flexibility index (Phi) is 6.71. The van der Waals surface area contributed by atoms with E-state index in [4.69, 9.17) is 21.1 Å². The summed E-state index contributed by atoms with van der Waals surface area (Å²) in [6.07, 6.45) is -3.75. The van der Waals surface area contributed by atoms with E-state index in [1.165, 1.54) is 30.6 Å². The third-order valence-corrected chi connectivity index (χ3v) is 4.55. The number of ether oxygens (including phenoxy) is 2. The van der Waals surface area contributed by atoms with Gasteiger partial charge in [-0.3, -0.25) is 0 Å². The lowest BCUT2D eigenvalue weighted by molar-refractivity contribution is -0.139. The van der Waals surface area contributed by atoms with Crippen LogP contribution in [0.2, 0.25) is 4.47 Å². The lowest BCUT2D eigenvalue weighted by Gasteiger charge is -2.15. The quantitative estimate of drug-likeness (QED) is 0.565. The van der Waals surface area contributed by atoms with Crippen molar-refractivity contribution in [3.63, 3.8) is 0 Å². The zero-order chi connectivity index (χ0) is 18.6. The molecular formula is C17H19ClF3NO2S. The van der Waals surface area contributed by atoms with Crippen molar-refractivity contribution in [2.24, 2.45) is 5.92 Å². The topological polar surface area (TPSA) is 31.4 Å². The maximum absolute atomic E-state index is 13.2. The highest BCUT2D eigenvalue weighted by molar-refractivity contribution is 7.16. The van der Waals surface area contributed by atoms with Crippen LogP contribution in [0.3, 0.4) is 0 Å². The molecule has 0 bridgehead atoms.